The van der Waals surface area contributed by atoms with Crippen LogP contribution in [0.5, 0.6) is 0 Å². The molecule has 5 aromatic heterocycles. The molecule has 17 rings (SSSR count). The minimum Gasteiger partial charge on any atom is -0.308 e. The number of hydrogen-bond donors (Lipinski definition) is 0. The van der Waals surface area contributed by atoms with Gasteiger partial charge in [0.1, 0.15) is 0 Å². The Hall–Kier alpha value is -11.9. The van der Waals surface area contributed by atoms with Crippen molar-refractivity contribution in [2.24, 2.45) is 0 Å². The summed E-state index contributed by atoms with van der Waals surface area (Å²) >= 11 is 0. The van der Waals surface area contributed by atoms with Crippen molar-refractivity contribution < 1.29 is 0 Å². The quantitative estimate of drug-likeness (QED) is 0.135. The van der Waals surface area contributed by atoms with Gasteiger partial charge in [0.15, 0.2) is 34.9 Å². The third-order valence-electron chi connectivity index (χ3n) is 17.2. The predicted octanol–water partition coefficient (Wildman–Crippen LogP) is 19.6. The fourth-order valence-electron chi connectivity index (χ4n) is 13.2. The molecule has 0 unspecified atom stereocenters. The molecule has 12 aromatic carbocycles. The van der Waals surface area contributed by atoms with Crippen molar-refractivity contribution in [3.63, 3.8) is 0 Å². The molecular weight excluding hydrogens is 1090 g/mol. The Morgan fingerprint density at radius 1 is 0.213 bits per heavy atom. The molecule has 0 amide bonds. The van der Waals surface area contributed by atoms with Crippen LogP contribution in [0.4, 0.5) is 0 Å². The van der Waals surface area contributed by atoms with Gasteiger partial charge < -0.3 is 13.7 Å². The van der Waals surface area contributed by atoms with Crippen molar-refractivity contribution in [3.8, 4) is 96.5 Å². The first-order valence-corrected chi connectivity index (χ1v) is 30.0. The summed E-state index contributed by atoms with van der Waals surface area (Å²) in [5, 5.41) is 6.62. The van der Waals surface area contributed by atoms with Gasteiger partial charge in [-0.05, 0) is 85.6 Å². The monoisotopic (exact) mass is 1140 g/mol. The van der Waals surface area contributed by atoms with E-state index in [1.54, 1.807) is 0 Å². The molecule has 0 saturated heterocycles. The molecule has 9 nitrogen and oxygen atoms in total. The Morgan fingerprint density at radius 2 is 0.506 bits per heavy atom. The third kappa shape index (κ3) is 8.61. The van der Waals surface area contributed by atoms with Crippen molar-refractivity contribution in [1.82, 2.24) is 43.6 Å². The lowest BCUT2D eigenvalue weighted by molar-refractivity contribution is 1.03. The Morgan fingerprint density at radius 3 is 0.899 bits per heavy atom. The number of para-hydroxylation sites is 3. The first-order valence-electron chi connectivity index (χ1n) is 30.0. The van der Waals surface area contributed by atoms with E-state index in [1.165, 1.54) is 0 Å². The zero-order valence-electron chi connectivity index (χ0n) is 48.7. The minimum atomic E-state index is 0.457. The van der Waals surface area contributed by atoms with E-state index in [-0.39, 0.29) is 0 Å². The number of aromatic nitrogens is 9. The highest BCUT2D eigenvalue weighted by Gasteiger charge is 2.33. The van der Waals surface area contributed by atoms with E-state index in [1.807, 2.05) is 72.8 Å². The summed E-state index contributed by atoms with van der Waals surface area (Å²) < 4.78 is 7.31. The first kappa shape index (κ1) is 51.5. The van der Waals surface area contributed by atoms with Gasteiger partial charge in [-0.25, -0.2) is 29.9 Å². The minimum absolute atomic E-state index is 0.457. The van der Waals surface area contributed by atoms with E-state index < -0.39 is 0 Å². The number of rotatable bonds is 10. The maximum Gasteiger partial charge on any atom is 0.168 e. The molecule has 0 fully saturated rings. The number of hydrogen-bond acceptors (Lipinski definition) is 6. The molecule has 0 bridgehead atoms. The summed E-state index contributed by atoms with van der Waals surface area (Å²) in [5.41, 5.74) is 17.9. The topological polar surface area (TPSA) is 92.1 Å². The molecule has 0 aliphatic carbocycles. The van der Waals surface area contributed by atoms with Crippen LogP contribution < -0.4 is 0 Å². The van der Waals surface area contributed by atoms with Gasteiger partial charge in [-0.2, -0.15) is 0 Å². The lowest BCUT2D eigenvalue weighted by atomic mass is 9.98. The Bertz CT molecular complexity index is 5230. The zero-order valence-corrected chi connectivity index (χ0v) is 48.7. The second-order valence-corrected chi connectivity index (χ2v) is 22.8. The van der Waals surface area contributed by atoms with Crippen LogP contribution in [-0.2, 0) is 0 Å². The largest absolute Gasteiger partial charge is 0.308 e. The summed E-state index contributed by atoms with van der Waals surface area (Å²) in [7, 11) is 0. The number of fused-ring (bicyclic) bond motifs is 9. The summed E-state index contributed by atoms with van der Waals surface area (Å²) in [5.74, 6) is 3.03. The number of aryl methyl sites for hydroxylation is 2. The van der Waals surface area contributed by atoms with Crippen LogP contribution in [0.2, 0.25) is 0 Å². The van der Waals surface area contributed by atoms with Gasteiger partial charge >= 0.3 is 0 Å². The average molecular weight is 1140 g/mol. The molecule has 0 radical (unpaired) electrons. The van der Waals surface area contributed by atoms with Crippen LogP contribution in [-0.4, -0.2) is 43.6 Å². The summed E-state index contributed by atoms with van der Waals surface area (Å²) in [6.45, 7) is 4.33. The molecule has 0 aliphatic rings. The lowest BCUT2D eigenvalue weighted by Gasteiger charge is -2.26. The van der Waals surface area contributed by atoms with Crippen LogP contribution in [0, 0.1) is 13.8 Å². The fourth-order valence-corrected chi connectivity index (χ4v) is 13.2. The zero-order chi connectivity index (χ0) is 59.1. The SMILES string of the molecule is Cc1ccc2c(c1)c1ccccc1n2-c1cc(-n2c3ccccc3c3cc(C)ccc32)c(-c2nc(-c3ccccc3)nc(-c3ccccc3)n2)c(-n2c3ccccc3c3cc(-c4ccccc4)ccc32)c1-c1nc(-c2ccccc2)nc(-c2ccccc2)n1. The van der Waals surface area contributed by atoms with Crippen molar-refractivity contribution in [2.75, 3.05) is 0 Å². The van der Waals surface area contributed by atoms with Crippen molar-refractivity contribution in [1.29, 1.82) is 0 Å². The van der Waals surface area contributed by atoms with E-state index in [4.69, 9.17) is 29.9 Å². The molecular formula is C80H53N9. The molecule has 418 valence electrons. The maximum absolute atomic E-state index is 5.79. The van der Waals surface area contributed by atoms with E-state index in [0.29, 0.717) is 34.9 Å². The average Bonchev–Trinajstić information content (AvgIpc) is 1.64. The van der Waals surface area contributed by atoms with E-state index in [9.17, 15) is 0 Å². The van der Waals surface area contributed by atoms with Gasteiger partial charge in [0.05, 0.1) is 61.3 Å². The standard InChI is InChI=1S/C80H53N9/c1-50-40-43-67-61(46-50)58-34-18-21-37-64(58)87(67)70-49-71(88-65-38-22-19-35-59(65)62-47-51(2)41-44-68(62)88)73(80-85-77(55-30-14-6-15-31-55)82-78(86-80)56-32-16-7-17-33-56)74(72(70)79-83-75(53-26-10-4-11-27-53)81-76(84-79)54-28-12-5-13-29-54)89-66-39-23-20-36-60(66)63-48-57(42-45-69(63)89)52-24-8-3-9-25-52/h3-49H,1-2H3. The second-order valence-electron chi connectivity index (χ2n) is 22.8. The molecule has 89 heavy (non-hydrogen) atoms. The van der Waals surface area contributed by atoms with E-state index >= 15 is 0 Å². The highest BCUT2D eigenvalue weighted by Crippen LogP contribution is 2.50. The number of nitrogens with zero attached hydrogens (tertiary/aromatic N) is 9. The van der Waals surface area contributed by atoms with Crippen LogP contribution in [0.25, 0.3) is 162 Å². The maximum atomic E-state index is 5.79. The molecule has 0 atom stereocenters. The smallest absolute Gasteiger partial charge is 0.168 e. The molecule has 9 heteroatoms. The highest BCUT2D eigenvalue weighted by molar-refractivity contribution is 6.15. The Balaban J connectivity index is 1.17. The van der Waals surface area contributed by atoms with Gasteiger partial charge in [-0.1, -0.05) is 236 Å². The van der Waals surface area contributed by atoms with Crippen molar-refractivity contribution in [2.45, 2.75) is 13.8 Å². The van der Waals surface area contributed by atoms with Gasteiger partial charge in [-0.3, -0.25) is 0 Å². The first-order chi connectivity index (χ1) is 44.0. The molecule has 0 spiro atoms. The van der Waals surface area contributed by atoms with Gasteiger partial charge in [0.25, 0.3) is 0 Å². The summed E-state index contributed by atoms with van der Waals surface area (Å²) in [6, 6.07) is 101. The molecule has 0 N–H and O–H groups in total. The highest BCUT2D eigenvalue weighted by atomic mass is 15.1. The fraction of sp³-hybridized carbons (Fsp3) is 0.0250. The lowest BCUT2D eigenvalue weighted by Crippen LogP contribution is -2.13. The summed E-state index contributed by atoms with van der Waals surface area (Å²) in [6.07, 6.45) is 0. The van der Waals surface area contributed by atoms with Crippen molar-refractivity contribution in [3.05, 3.63) is 296 Å². The van der Waals surface area contributed by atoms with Gasteiger partial charge in [0.2, 0.25) is 0 Å². The van der Waals surface area contributed by atoms with Crippen LogP contribution in [0.15, 0.2) is 285 Å². The molecule has 0 aliphatic heterocycles. The second kappa shape index (κ2) is 20.9. The third-order valence-corrected chi connectivity index (χ3v) is 17.2. The predicted molar refractivity (Wildman–Crippen MR) is 364 cm³/mol. The van der Waals surface area contributed by atoms with E-state index in [0.717, 1.165) is 138 Å². The van der Waals surface area contributed by atoms with Gasteiger partial charge in [-0.15, -0.1) is 0 Å². The normalized spacial score (nSPS) is 11.7. The van der Waals surface area contributed by atoms with Crippen LogP contribution in [0.1, 0.15) is 11.1 Å². The van der Waals surface area contributed by atoms with Crippen LogP contribution in [0.3, 0.4) is 0 Å². The van der Waals surface area contributed by atoms with Gasteiger partial charge in [0, 0.05) is 54.6 Å². The molecule has 0 saturated carbocycles. The molecule has 5 heterocycles. The summed E-state index contributed by atoms with van der Waals surface area (Å²) in [4.78, 5) is 33.9. The Kier molecular flexibility index (Phi) is 12.1. The molecule has 17 aromatic rings. The van der Waals surface area contributed by atoms with Crippen molar-refractivity contribution >= 4 is 65.4 Å². The van der Waals surface area contributed by atoms with E-state index in [2.05, 4.69) is 240 Å². The van der Waals surface area contributed by atoms with Crippen LogP contribution >= 0.6 is 0 Å². The number of benzene rings is 12. The Labute approximate surface area is 512 Å².